The van der Waals surface area contributed by atoms with Gasteiger partial charge in [0.05, 0.1) is 0 Å². The molecule has 0 aliphatic rings. The van der Waals surface area contributed by atoms with Crippen molar-refractivity contribution in [1.82, 2.24) is 0 Å². The molecule has 0 aliphatic carbocycles. The molecule has 0 bridgehead atoms. The maximum atomic E-state index is 11.1. The van der Waals surface area contributed by atoms with E-state index in [-0.39, 0.29) is 5.97 Å². The molecule has 0 unspecified atom stereocenters. The van der Waals surface area contributed by atoms with Gasteiger partial charge in [0.25, 0.3) is 0 Å². The molecule has 0 aromatic carbocycles. The van der Waals surface area contributed by atoms with Crippen molar-refractivity contribution < 1.29 is 9.53 Å². The Kier molecular flexibility index (Phi) is 8.59. The van der Waals surface area contributed by atoms with E-state index in [0.29, 0.717) is 13.0 Å². The van der Waals surface area contributed by atoms with E-state index in [1.165, 1.54) is 5.57 Å². The van der Waals surface area contributed by atoms with Crippen molar-refractivity contribution in [3.8, 4) is 0 Å². The highest BCUT2D eigenvalue weighted by Gasteiger charge is 2.00. The van der Waals surface area contributed by atoms with Crippen LogP contribution in [-0.2, 0) is 9.53 Å². The van der Waals surface area contributed by atoms with Crippen LogP contribution in [0.2, 0.25) is 0 Å². The molecule has 0 N–H and O–H groups in total. The fourth-order valence-corrected chi connectivity index (χ4v) is 1.23. The van der Waals surface area contributed by atoms with E-state index in [2.05, 4.69) is 26.0 Å². The van der Waals surface area contributed by atoms with Crippen molar-refractivity contribution in [1.29, 1.82) is 0 Å². The minimum atomic E-state index is -0.0976. The summed E-state index contributed by atoms with van der Waals surface area (Å²) >= 11 is 0. The molecular formula is C14H24O2. The first kappa shape index (κ1) is 14.9. The van der Waals surface area contributed by atoms with E-state index < -0.39 is 0 Å². The Morgan fingerprint density at radius 1 is 1.12 bits per heavy atom. The van der Waals surface area contributed by atoms with E-state index in [9.17, 15) is 4.79 Å². The Hall–Kier alpha value is -1.05. The molecule has 0 aliphatic heterocycles. The highest BCUT2D eigenvalue weighted by atomic mass is 16.5. The quantitative estimate of drug-likeness (QED) is 0.371. The predicted molar refractivity (Wildman–Crippen MR) is 68.3 cm³/mol. The molecule has 0 fully saturated rings. The van der Waals surface area contributed by atoms with Crippen molar-refractivity contribution in [3.63, 3.8) is 0 Å². The van der Waals surface area contributed by atoms with Gasteiger partial charge in [-0.05, 0) is 45.6 Å². The average molecular weight is 224 g/mol. The zero-order valence-corrected chi connectivity index (χ0v) is 11.0. The van der Waals surface area contributed by atoms with Crippen LogP contribution < -0.4 is 0 Å². The summed E-state index contributed by atoms with van der Waals surface area (Å²) in [5, 5.41) is 0. The zero-order valence-electron chi connectivity index (χ0n) is 11.0. The average Bonchev–Trinajstić information content (AvgIpc) is 2.22. The molecule has 0 aromatic rings. The van der Waals surface area contributed by atoms with Gasteiger partial charge in [-0.3, -0.25) is 4.79 Å². The molecule has 0 aromatic heterocycles. The van der Waals surface area contributed by atoms with Crippen molar-refractivity contribution in [3.05, 3.63) is 23.3 Å². The smallest absolute Gasteiger partial charge is 0.306 e. The molecule has 92 valence electrons. The molecule has 0 heterocycles. The van der Waals surface area contributed by atoms with E-state index >= 15 is 0 Å². The molecule has 0 saturated carbocycles. The standard InChI is InChI=1S/C14H24O2/c1-5-8-14(15)16-11-13(4)10-7-6-9-12(2)3/h9-10H,5-8,11H2,1-4H3. The number of esters is 1. The van der Waals surface area contributed by atoms with Crippen LogP contribution in [0.3, 0.4) is 0 Å². The third kappa shape index (κ3) is 9.50. The first-order chi connectivity index (χ1) is 7.56. The summed E-state index contributed by atoms with van der Waals surface area (Å²) < 4.78 is 5.10. The largest absolute Gasteiger partial charge is 0.461 e. The van der Waals surface area contributed by atoms with Gasteiger partial charge in [0.1, 0.15) is 6.61 Å². The topological polar surface area (TPSA) is 26.3 Å². The summed E-state index contributed by atoms with van der Waals surface area (Å²) in [6.45, 7) is 8.62. The maximum absolute atomic E-state index is 11.1. The number of rotatable bonds is 7. The minimum Gasteiger partial charge on any atom is -0.461 e. The van der Waals surface area contributed by atoms with Crippen LogP contribution in [0, 0.1) is 0 Å². The minimum absolute atomic E-state index is 0.0976. The van der Waals surface area contributed by atoms with Gasteiger partial charge in [0.2, 0.25) is 0 Å². The van der Waals surface area contributed by atoms with Gasteiger partial charge in [0, 0.05) is 6.42 Å². The van der Waals surface area contributed by atoms with Gasteiger partial charge >= 0.3 is 5.97 Å². The van der Waals surface area contributed by atoms with Gasteiger partial charge in [-0.2, -0.15) is 0 Å². The second-order valence-corrected chi connectivity index (χ2v) is 4.32. The van der Waals surface area contributed by atoms with Crippen LogP contribution in [0.15, 0.2) is 23.3 Å². The molecule has 0 rings (SSSR count). The van der Waals surface area contributed by atoms with Gasteiger partial charge < -0.3 is 4.74 Å². The molecule has 0 spiro atoms. The number of allylic oxidation sites excluding steroid dienone is 3. The van der Waals surface area contributed by atoms with Crippen molar-refractivity contribution >= 4 is 5.97 Å². The summed E-state index contributed by atoms with van der Waals surface area (Å²) in [6, 6.07) is 0. The predicted octanol–water partition coefficient (Wildman–Crippen LogP) is 4.02. The lowest BCUT2D eigenvalue weighted by atomic mass is 10.2. The maximum Gasteiger partial charge on any atom is 0.306 e. The summed E-state index contributed by atoms with van der Waals surface area (Å²) in [7, 11) is 0. The van der Waals surface area contributed by atoms with Crippen LogP contribution in [0.5, 0.6) is 0 Å². The Bertz CT molecular complexity index is 258. The molecule has 2 heteroatoms. The first-order valence-corrected chi connectivity index (χ1v) is 6.00. The van der Waals surface area contributed by atoms with Crippen LogP contribution in [0.1, 0.15) is 53.4 Å². The monoisotopic (exact) mass is 224 g/mol. The highest BCUT2D eigenvalue weighted by Crippen LogP contribution is 2.03. The lowest BCUT2D eigenvalue weighted by Gasteiger charge is -2.03. The SMILES string of the molecule is CCCC(=O)OCC(C)=CCCC=C(C)C. The van der Waals surface area contributed by atoms with Crippen LogP contribution >= 0.6 is 0 Å². The summed E-state index contributed by atoms with van der Waals surface area (Å²) in [6.07, 6.45) is 7.80. The number of carbonyl (C=O) groups excluding carboxylic acids is 1. The highest BCUT2D eigenvalue weighted by molar-refractivity contribution is 5.69. The van der Waals surface area contributed by atoms with E-state index in [1.54, 1.807) is 0 Å². The lowest BCUT2D eigenvalue weighted by molar-refractivity contribution is -0.142. The fraction of sp³-hybridized carbons (Fsp3) is 0.643. The van der Waals surface area contributed by atoms with E-state index in [1.807, 2.05) is 13.8 Å². The van der Waals surface area contributed by atoms with Crippen molar-refractivity contribution in [2.24, 2.45) is 0 Å². The molecular weight excluding hydrogens is 200 g/mol. The second-order valence-electron chi connectivity index (χ2n) is 4.32. The van der Waals surface area contributed by atoms with Crippen molar-refractivity contribution in [2.45, 2.75) is 53.4 Å². The van der Waals surface area contributed by atoms with E-state index in [0.717, 1.165) is 24.8 Å². The van der Waals surface area contributed by atoms with Gasteiger partial charge in [-0.15, -0.1) is 0 Å². The third-order valence-electron chi connectivity index (χ3n) is 2.13. The lowest BCUT2D eigenvalue weighted by Crippen LogP contribution is -2.05. The molecule has 16 heavy (non-hydrogen) atoms. The third-order valence-corrected chi connectivity index (χ3v) is 2.13. The number of hydrogen-bond acceptors (Lipinski definition) is 2. The fourth-order valence-electron chi connectivity index (χ4n) is 1.23. The summed E-state index contributed by atoms with van der Waals surface area (Å²) in [4.78, 5) is 11.1. The Morgan fingerprint density at radius 2 is 1.75 bits per heavy atom. The second kappa shape index (κ2) is 9.20. The van der Waals surface area contributed by atoms with Gasteiger partial charge in [-0.25, -0.2) is 0 Å². The van der Waals surface area contributed by atoms with Crippen LogP contribution in [-0.4, -0.2) is 12.6 Å². The van der Waals surface area contributed by atoms with Crippen LogP contribution in [0.4, 0.5) is 0 Å². The first-order valence-electron chi connectivity index (χ1n) is 6.00. The van der Waals surface area contributed by atoms with Crippen LogP contribution in [0.25, 0.3) is 0 Å². The van der Waals surface area contributed by atoms with Gasteiger partial charge in [-0.1, -0.05) is 24.6 Å². The Balaban J connectivity index is 3.71. The molecule has 0 radical (unpaired) electrons. The Labute approximate surface area is 99.4 Å². The molecule has 0 saturated heterocycles. The Morgan fingerprint density at radius 3 is 2.31 bits per heavy atom. The summed E-state index contributed by atoms with van der Waals surface area (Å²) in [5.74, 6) is -0.0976. The molecule has 2 nitrogen and oxygen atoms in total. The number of unbranched alkanes of at least 4 members (excludes halogenated alkanes) is 1. The normalized spacial score (nSPS) is 11.1. The zero-order chi connectivity index (χ0) is 12.4. The van der Waals surface area contributed by atoms with E-state index in [4.69, 9.17) is 4.74 Å². The summed E-state index contributed by atoms with van der Waals surface area (Å²) in [5.41, 5.74) is 2.48. The molecule has 0 atom stereocenters. The van der Waals surface area contributed by atoms with Crippen molar-refractivity contribution in [2.75, 3.05) is 6.61 Å². The number of ether oxygens (including phenoxy) is 1. The van der Waals surface area contributed by atoms with Gasteiger partial charge in [0.15, 0.2) is 0 Å². The number of hydrogen-bond donors (Lipinski definition) is 0. The molecule has 0 amide bonds. The number of carbonyl (C=O) groups is 1.